The molecule has 9 heteroatoms. The summed E-state index contributed by atoms with van der Waals surface area (Å²) in [5, 5.41) is 13.4. The molecule has 3 aromatic rings. The monoisotopic (exact) mass is 455 g/mol. The lowest BCUT2D eigenvalue weighted by Gasteiger charge is -2.03. The molecule has 0 spiro atoms. The number of benzene rings is 2. The van der Waals surface area contributed by atoms with Crippen molar-refractivity contribution in [1.29, 1.82) is 0 Å². The maximum Gasteiger partial charge on any atom is 0.236 e. The number of amides is 1. The van der Waals surface area contributed by atoms with E-state index >= 15 is 0 Å². The third kappa shape index (κ3) is 6.69. The van der Waals surface area contributed by atoms with Gasteiger partial charge >= 0.3 is 0 Å². The standard InChI is InChI=1S/C18H15Cl2N3OS3/c19-14-7-6-12(8-15(14)20)9-25-10-16(24)21-18-23-22-17(27-18)11-26-13-4-2-1-3-5-13/h1-8H,9-11H2,(H,21,23,24). The molecule has 0 aliphatic carbocycles. The van der Waals surface area contributed by atoms with Crippen molar-refractivity contribution < 1.29 is 4.79 Å². The molecule has 0 saturated carbocycles. The van der Waals surface area contributed by atoms with Crippen LogP contribution >= 0.6 is 58.1 Å². The van der Waals surface area contributed by atoms with Crippen molar-refractivity contribution in [2.24, 2.45) is 0 Å². The summed E-state index contributed by atoms with van der Waals surface area (Å²) in [5.74, 6) is 1.63. The first-order valence-electron chi connectivity index (χ1n) is 7.92. The molecule has 1 heterocycles. The minimum absolute atomic E-state index is 0.0986. The predicted octanol–water partition coefficient (Wildman–Crippen LogP) is 6.01. The predicted molar refractivity (Wildman–Crippen MR) is 117 cm³/mol. The molecular formula is C18H15Cl2N3OS3. The fourth-order valence-corrected chi connectivity index (χ4v) is 4.83. The smallest absolute Gasteiger partial charge is 0.236 e. The fourth-order valence-electron chi connectivity index (χ4n) is 2.07. The average Bonchev–Trinajstić information content (AvgIpc) is 3.11. The van der Waals surface area contributed by atoms with E-state index in [0.717, 1.165) is 16.3 Å². The topological polar surface area (TPSA) is 54.9 Å². The number of thioether (sulfide) groups is 2. The van der Waals surface area contributed by atoms with Gasteiger partial charge < -0.3 is 0 Å². The second-order valence-electron chi connectivity index (χ2n) is 5.39. The van der Waals surface area contributed by atoms with E-state index in [-0.39, 0.29) is 5.91 Å². The molecule has 1 N–H and O–H groups in total. The Bertz CT molecular complexity index is 906. The van der Waals surface area contributed by atoms with Gasteiger partial charge in [-0.25, -0.2) is 0 Å². The Kier molecular flexibility index (Phi) is 7.84. The van der Waals surface area contributed by atoms with Crippen LogP contribution in [-0.4, -0.2) is 21.9 Å². The molecule has 0 atom stereocenters. The summed E-state index contributed by atoms with van der Waals surface area (Å²) in [4.78, 5) is 13.2. The maximum atomic E-state index is 12.1. The van der Waals surface area contributed by atoms with Crippen LogP contribution in [0.2, 0.25) is 10.0 Å². The number of carbonyl (C=O) groups is 1. The van der Waals surface area contributed by atoms with Gasteiger partial charge in [-0.2, -0.15) is 0 Å². The molecule has 27 heavy (non-hydrogen) atoms. The van der Waals surface area contributed by atoms with Crippen molar-refractivity contribution in [3.8, 4) is 0 Å². The SMILES string of the molecule is O=C(CSCc1ccc(Cl)c(Cl)c1)Nc1nnc(CSc2ccccc2)s1. The molecule has 3 rings (SSSR count). The molecule has 0 aliphatic rings. The number of nitrogens with zero attached hydrogens (tertiary/aromatic N) is 2. The van der Waals surface area contributed by atoms with Gasteiger partial charge in [0.2, 0.25) is 11.0 Å². The van der Waals surface area contributed by atoms with Crippen LogP contribution in [0.3, 0.4) is 0 Å². The lowest BCUT2D eigenvalue weighted by molar-refractivity contribution is -0.113. The summed E-state index contributed by atoms with van der Waals surface area (Å²) in [7, 11) is 0. The van der Waals surface area contributed by atoms with E-state index in [2.05, 4.69) is 27.6 Å². The van der Waals surface area contributed by atoms with E-state index in [9.17, 15) is 4.79 Å². The van der Waals surface area contributed by atoms with Crippen molar-refractivity contribution in [1.82, 2.24) is 10.2 Å². The van der Waals surface area contributed by atoms with E-state index < -0.39 is 0 Å². The highest BCUT2D eigenvalue weighted by Crippen LogP contribution is 2.26. The largest absolute Gasteiger partial charge is 0.300 e. The van der Waals surface area contributed by atoms with E-state index in [0.29, 0.717) is 26.7 Å². The van der Waals surface area contributed by atoms with Gasteiger partial charge in [0.05, 0.1) is 21.6 Å². The highest BCUT2D eigenvalue weighted by Gasteiger charge is 2.09. The van der Waals surface area contributed by atoms with Gasteiger partial charge in [-0.1, -0.05) is 58.8 Å². The highest BCUT2D eigenvalue weighted by atomic mass is 35.5. The first-order chi connectivity index (χ1) is 13.1. The maximum absolute atomic E-state index is 12.1. The minimum atomic E-state index is -0.0986. The van der Waals surface area contributed by atoms with Crippen LogP contribution in [0.5, 0.6) is 0 Å². The Labute approximate surface area is 180 Å². The Morgan fingerprint density at radius 3 is 2.63 bits per heavy atom. The van der Waals surface area contributed by atoms with Gasteiger partial charge in [-0.15, -0.1) is 33.7 Å². The number of rotatable bonds is 8. The normalized spacial score (nSPS) is 10.7. The molecule has 0 fully saturated rings. The highest BCUT2D eigenvalue weighted by molar-refractivity contribution is 7.99. The quantitative estimate of drug-likeness (QED) is 0.421. The molecule has 0 saturated heterocycles. The van der Waals surface area contributed by atoms with Crippen LogP contribution in [-0.2, 0) is 16.3 Å². The molecule has 0 bridgehead atoms. The van der Waals surface area contributed by atoms with E-state index in [1.165, 1.54) is 28.0 Å². The number of aromatic nitrogens is 2. The van der Waals surface area contributed by atoms with E-state index in [4.69, 9.17) is 23.2 Å². The summed E-state index contributed by atoms with van der Waals surface area (Å²) in [6, 6.07) is 15.6. The van der Waals surface area contributed by atoms with E-state index in [1.54, 1.807) is 17.8 Å². The molecule has 0 aliphatic heterocycles. The van der Waals surface area contributed by atoms with Crippen LogP contribution in [0.1, 0.15) is 10.6 Å². The zero-order chi connectivity index (χ0) is 19.1. The Balaban J connectivity index is 1.41. The van der Waals surface area contributed by atoms with Crippen LogP contribution < -0.4 is 5.32 Å². The fraction of sp³-hybridized carbons (Fsp3) is 0.167. The third-order valence-electron chi connectivity index (χ3n) is 3.30. The van der Waals surface area contributed by atoms with Gasteiger partial charge in [-0.3, -0.25) is 10.1 Å². The molecule has 0 unspecified atom stereocenters. The number of halogens is 2. The number of anilines is 1. The molecule has 4 nitrogen and oxygen atoms in total. The zero-order valence-electron chi connectivity index (χ0n) is 14.0. The summed E-state index contributed by atoms with van der Waals surface area (Å²) < 4.78 is 0. The van der Waals surface area contributed by atoms with Crippen molar-refractivity contribution in [3.63, 3.8) is 0 Å². The van der Waals surface area contributed by atoms with Crippen LogP contribution in [0.25, 0.3) is 0 Å². The molecular weight excluding hydrogens is 441 g/mol. The summed E-state index contributed by atoms with van der Waals surface area (Å²) in [5.41, 5.74) is 1.03. The van der Waals surface area contributed by atoms with Crippen molar-refractivity contribution >= 4 is 69.1 Å². The number of hydrogen-bond acceptors (Lipinski definition) is 6. The Morgan fingerprint density at radius 1 is 1.04 bits per heavy atom. The van der Waals surface area contributed by atoms with Gasteiger partial charge in [0.1, 0.15) is 5.01 Å². The van der Waals surface area contributed by atoms with Crippen LogP contribution in [0.15, 0.2) is 53.4 Å². The van der Waals surface area contributed by atoms with E-state index in [1.807, 2.05) is 30.3 Å². The van der Waals surface area contributed by atoms with Crippen molar-refractivity contribution in [3.05, 3.63) is 69.1 Å². The summed E-state index contributed by atoms with van der Waals surface area (Å²) in [6.07, 6.45) is 0. The minimum Gasteiger partial charge on any atom is -0.300 e. The van der Waals surface area contributed by atoms with Crippen molar-refractivity contribution in [2.45, 2.75) is 16.4 Å². The Hall–Kier alpha value is -1.25. The second kappa shape index (κ2) is 10.3. The summed E-state index contributed by atoms with van der Waals surface area (Å²) >= 11 is 16.5. The molecule has 140 valence electrons. The molecule has 1 amide bonds. The first kappa shape index (κ1) is 20.5. The molecule has 2 aromatic carbocycles. The van der Waals surface area contributed by atoms with Gasteiger partial charge in [0.25, 0.3) is 0 Å². The molecule has 1 aromatic heterocycles. The van der Waals surface area contributed by atoms with Crippen LogP contribution in [0.4, 0.5) is 5.13 Å². The second-order valence-corrected chi connectivity index (χ2v) is 9.30. The zero-order valence-corrected chi connectivity index (χ0v) is 18.0. The lowest BCUT2D eigenvalue weighted by atomic mass is 10.2. The lowest BCUT2D eigenvalue weighted by Crippen LogP contribution is -2.13. The summed E-state index contributed by atoms with van der Waals surface area (Å²) in [6.45, 7) is 0. The molecule has 0 radical (unpaired) electrons. The number of nitrogens with one attached hydrogen (secondary N) is 1. The van der Waals surface area contributed by atoms with Gasteiger partial charge in [-0.05, 0) is 29.8 Å². The van der Waals surface area contributed by atoms with Crippen LogP contribution in [0, 0.1) is 0 Å². The number of carbonyl (C=O) groups excluding carboxylic acids is 1. The van der Waals surface area contributed by atoms with Crippen molar-refractivity contribution in [2.75, 3.05) is 11.1 Å². The van der Waals surface area contributed by atoms with Gasteiger partial charge in [0.15, 0.2) is 0 Å². The first-order valence-corrected chi connectivity index (χ1v) is 11.6. The average molecular weight is 456 g/mol. The Morgan fingerprint density at radius 2 is 1.85 bits per heavy atom. The number of hydrogen-bond donors (Lipinski definition) is 1. The van der Waals surface area contributed by atoms with Gasteiger partial charge in [0, 0.05) is 10.6 Å². The third-order valence-corrected chi connectivity index (χ3v) is 7.09.